The number of rotatable bonds is 2. The fraction of sp³-hybridized carbons (Fsp3) is 0.222. The van der Waals surface area contributed by atoms with E-state index in [-0.39, 0.29) is 11.7 Å². The molecule has 0 aliphatic carbocycles. The first-order valence-corrected chi connectivity index (χ1v) is 9.41. The number of piperazine rings is 1. The molecular formula is C18H16ClFN4OS. The van der Waals surface area contributed by atoms with Gasteiger partial charge in [-0.25, -0.2) is 14.2 Å². The fourth-order valence-electron chi connectivity index (χ4n) is 2.88. The molecule has 2 aromatic carbocycles. The second-order valence-electron chi connectivity index (χ2n) is 5.99. The third-order valence-electron chi connectivity index (χ3n) is 4.29. The molecule has 5 nitrogen and oxygen atoms in total. The van der Waals surface area contributed by atoms with Crippen molar-refractivity contribution < 1.29 is 9.18 Å². The monoisotopic (exact) mass is 390 g/mol. The number of halogens is 2. The molecule has 0 unspecified atom stereocenters. The summed E-state index contributed by atoms with van der Waals surface area (Å²) < 4.78 is 14.7. The van der Waals surface area contributed by atoms with Gasteiger partial charge in [-0.3, -0.25) is 0 Å². The van der Waals surface area contributed by atoms with E-state index >= 15 is 0 Å². The molecule has 0 atom stereocenters. The number of nitrogens with one attached hydrogen (secondary N) is 1. The van der Waals surface area contributed by atoms with E-state index in [4.69, 9.17) is 11.6 Å². The number of fused-ring (bicyclic) bond motifs is 1. The van der Waals surface area contributed by atoms with Gasteiger partial charge in [0.1, 0.15) is 5.82 Å². The van der Waals surface area contributed by atoms with E-state index in [0.29, 0.717) is 31.2 Å². The van der Waals surface area contributed by atoms with Crippen molar-refractivity contribution in [3.05, 3.63) is 53.3 Å². The van der Waals surface area contributed by atoms with Crippen molar-refractivity contribution in [3.63, 3.8) is 0 Å². The molecule has 2 amide bonds. The Kier molecular flexibility index (Phi) is 4.65. The van der Waals surface area contributed by atoms with Gasteiger partial charge in [0.05, 0.1) is 15.9 Å². The Morgan fingerprint density at radius 1 is 1.15 bits per heavy atom. The van der Waals surface area contributed by atoms with E-state index < -0.39 is 5.82 Å². The standard InChI is InChI=1S/C18H16ClFN4OS/c19-12-5-6-15-16(11-12)26-18(22-15)24-9-7-23(8-10-24)17(25)21-14-4-2-1-3-13(14)20/h1-6,11H,7-10H2,(H,21,25). The lowest BCUT2D eigenvalue weighted by Gasteiger charge is -2.34. The zero-order valence-electron chi connectivity index (χ0n) is 13.8. The van der Waals surface area contributed by atoms with Gasteiger partial charge < -0.3 is 15.1 Å². The van der Waals surface area contributed by atoms with Crippen molar-refractivity contribution >= 4 is 50.0 Å². The van der Waals surface area contributed by atoms with Crippen LogP contribution in [-0.4, -0.2) is 42.1 Å². The summed E-state index contributed by atoms with van der Waals surface area (Å²) in [6.07, 6.45) is 0. The second-order valence-corrected chi connectivity index (χ2v) is 7.44. The Balaban J connectivity index is 1.40. The first-order chi connectivity index (χ1) is 12.6. The van der Waals surface area contributed by atoms with Crippen LogP contribution in [0.15, 0.2) is 42.5 Å². The quantitative estimate of drug-likeness (QED) is 0.703. The van der Waals surface area contributed by atoms with Crippen molar-refractivity contribution in [3.8, 4) is 0 Å². The third-order valence-corrected chi connectivity index (χ3v) is 5.61. The highest BCUT2D eigenvalue weighted by Gasteiger charge is 2.23. The van der Waals surface area contributed by atoms with Crippen LogP contribution in [-0.2, 0) is 0 Å². The maximum absolute atomic E-state index is 13.7. The number of para-hydroxylation sites is 1. The summed E-state index contributed by atoms with van der Waals surface area (Å²) >= 11 is 7.63. The number of carbonyl (C=O) groups excluding carboxylic acids is 1. The number of carbonyl (C=O) groups is 1. The van der Waals surface area contributed by atoms with Crippen molar-refractivity contribution in [2.24, 2.45) is 0 Å². The highest BCUT2D eigenvalue weighted by Crippen LogP contribution is 2.31. The Morgan fingerprint density at radius 2 is 1.92 bits per heavy atom. The van der Waals surface area contributed by atoms with Crippen LogP contribution in [0.25, 0.3) is 10.2 Å². The molecular weight excluding hydrogens is 375 g/mol. The Labute approximate surface area is 159 Å². The first-order valence-electron chi connectivity index (χ1n) is 8.22. The van der Waals surface area contributed by atoms with Gasteiger partial charge in [0.15, 0.2) is 5.13 Å². The smallest absolute Gasteiger partial charge is 0.322 e. The minimum atomic E-state index is -0.437. The van der Waals surface area contributed by atoms with Gasteiger partial charge in [0, 0.05) is 31.2 Å². The van der Waals surface area contributed by atoms with E-state index in [1.165, 1.54) is 6.07 Å². The summed E-state index contributed by atoms with van der Waals surface area (Å²) in [7, 11) is 0. The Bertz CT molecular complexity index is 955. The van der Waals surface area contributed by atoms with Crippen molar-refractivity contribution in [2.75, 3.05) is 36.4 Å². The lowest BCUT2D eigenvalue weighted by molar-refractivity contribution is 0.208. The Hall–Kier alpha value is -2.38. The number of aromatic nitrogens is 1. The molecule has 1 fully saturated rings. The summed E-state index contributed by atoms with van der Waals surface area (Å²) in [5, 5.41) is 4.25. The van der Waals surface area contributed by atoms with Crippen molar-refractivity contribution in [2.45, 2.75) is 0 Å². The first kappa shape index (κ1) is 17.1. The molecule has 1 aromatic heterocycles. The lowest BCUT2D eigenvalue weighted by Crippen LogP contribution is -2.50. The lowest BCUT2D eigenvalue weighted by atomic mass is 10.3. The maximum atomic E-state index is 13.7. The maximum Gasteiger partial charge on any atom is 0.322 e. The number of hydrogen-bond donors (Lipinski definition) is 1. The van der Waals surface area contributed by atoms with Crippen molar-refractivity contribution in [1.29, 1.82) is 0 Å². The highest BCUT2D eigenvalue weighted by molar-refractivity contribution is 7.22. The summed E-state index contributed by atoms with van der Waals surface area (Å²) in [5.41, 5.74) is 1.12. The van der Waals surface area contributed by atoms with Crippen molar-refractivity contribution in [1.82, 2.24) is 9.88 Å². The molecule has 0 radical (unpaired) electrons. The van der Waals surface area contributed by atoms with Crippen LogP contribution in [0.4, 0.5) is 20.0 Å². The topological polar surface area (TPSA) is 48.5 Å². The average Bonchev–Trinajstić information content (AvgIpc) is 3.07. The predicted octanol–water partition coefficient (Wildman–Crippen LogP) is 4.44. The molecule has 134 valence electrons. The largest absolute Gasteiger partial charge is 0.345 e. The van der Waals surface area contributed by atoms with Gasteiger partial charge >= 0.3 is 6.03 Å². The normalized spacial score (nSPS) is 14.7. The number of thiazole rings is 1. The van der Waals surface area contributed by atoms with Crippen LogP contribution in [0, 0.1) is 5.82 Å². The van der Waals surface area contributed by atoms with Gasteiger partial charge in [-0.05, 0) is 30.3 Å². The predicted molar refractivity (Wildman–Crippen MR) is 104 cm³/mol. The molecule has 1 aliphatic heterocycles. The van der Waals surface area contributed by atoms with Crippen LogP contribution in [0.2, 0.25) is 5.02 Å². The van der Waals surface area contributed by atoms with E-state index in [2.05, 4.69) is 15.2 Å². The molecule has 1 saturated heterocycles. The van der Waals surface area contributed by atoms with E-state index in [1.54, 1.807) is 34.4 Å². The Morgan fingerprint density at radius 3 is 2.69 bits per heavy atom. The number of hydrogen-bond acceptors (Lipinski definition) is 4. The van der Waals surface area contributed by atoms with E-state index in [0.717, 1.165) is 15.3 Å². The fourth-order valence-corrected chi connectivity index (χ4v) is 4.17. The number of anilines is 2. The van der Waals surface area contributed by atoms with Gasteiger partial charge in [-0.2, -0.15) is 0 Å². The van der Waals surface area contributed by atoms with Crippen LogP contribution >= 0.6 is 22.9 Å². The molecule has 1 N–H and O–H groups in total. The highest BCUT2D eigenvalue weighted by atomic mass is 35.5. The van der Waals surface area contributed by atoms with Gasteiger partial charge in [-0.15, -0.1) is 0 Å². The van der Waals surface area contributed by atoms with Crippen LogP contribution in [0.3, 0.4) is 0 Å². The minimum Gasteiger partial charge on any atom is -0.345 e. The molecule has 0 spiro atoms. The van der Waals surface area contributed by atoms with Gasteiger partial charge in [0.25, 0.3) is 0 Å². The summed E-state index contributed by atoms with van der Waals surface area (Å²) in [6.45, 7) is 2.46. The number of nitrogens with zero attached hydrogens (tertiary/aromatic N) is 3. The average molecular weight is 391 g/mol. The summed E-state index contributed by atoms with van der Waals surface area (Å²) in [6, 6.07) is 11.5. The summed E-state index contributed by atoms with van der Waals surface area (Å²) in [4.78, 5) is 20.8. The molecule has 4 rings (SSSR count). The van der Waals surface area contributed by atoms with Crippen LogP contribution in [0.1, 0.15) is 0 Å². The zero-order valence-corrected chi connectivity index (χ0v) is 15.4. The molecule has 1 aliphatic rings. The van der Waals surface area contributed by atoms with Crippen LogP contribution in [0.5, 0.6) is 0 Å². The number of benzene rings is 2. The molecule has 8 heteroatoms. The number of urea groups is 1. The number of amides is 2. The molecule has 0 bridgehead atoms. The van der Waals surface area contributed by atoms with Gasteiger partial charge in [0.2, 0.25) is 0 Å². The van der Waals surface area contributed by atoms with Gasteiger partial charge in [-0.1, -0.05) is 35.1 Å². The SMILES string of the molecule is O=C(Nc1ccccc1F)N1CCN(c2nc3ccc(Cl)cc3s2)CC1. The molecule has 0 saturated carbocycles. The third kappa shape index (κ3) is 3.45. The molecule has 26 heavy (non-hydrogen) atoms. The zero-order chi connectivity index (χ0) is 18.1. The minimum absolute atomic E-state index is 0.197. The molecule has 3 aromatic rings. The second kappa shape index (κ2) is 7.09. The summed E-state index contributed by atoms with van der Waals surface area (Å²) in [5.74, 6) is -0.437. The van der Waals surface area contributed by atoms with Crippen LogP contribution < -0.4 is 10.2 Å². The molecule has 2 heterocycles. The van der Waals surface area contributed by atoms with E-state index in [1.807, 2.05) is 18.2 Å². The van der Waals surface area contributed by atoms with E-state index in [9.17, 15) is 9.18 Å².